The summed E-state index contributed by atoms with van der Waals surface area (Å²) in [6, 6.07) is 4.69. The average Bonchev–Trinajstić information content (AvgIpc) is 2.34. The Morgan fingerprint density at radius 1 is 1.32 bits per heavy atom. The number of aromatic nitrogens is 2. The van der Waals surface area contributed by atoms with Crippen LogP contribution in [0.5, 0.6) is 0 Å². The number of aromatic amines is 1. The van der Waals surface area contributed by atoms with Crippen molar-refractivity contribution in [2.45, 2.75) is 13.1 Å². The summed E-state index contributed by atoms with van der Waals surface area (Å²) >= 11 is 1.84. The maximum Gasteiger partial charge on any atom is 0.416 e. The lowest BCUT2D eigenvalue weighted by molar-refractivity contribution is -0.137. The molecule has 0 aliphatic rings. The van der Waals surface area contributed by atoms with E-state index in [2.05, 4.69) is 9.97 Å². The molecule has 0 unspecified atom stereocenters. The molecule has 0 radical (unpaired) electrons. The number of alkyl halides is 3. The van der Waals surface area contributed by atoms with Crippen molar-refractivity contribution in [2.24, 2.45) is 0 Å². The molecule has 0 saturated heterocycles. The SMILES string of the molecule is Cc1nc(-c2cccc(C(F)(F)F)c2)[nH]c(=O)c1I. The number of hydrogen-bond acceptors (Lipinski definition) is 2. The molecule has 1 N–H and O–H groups in total. The van der Waals surface area contributed by atoms with E-state index in [1.807, 2.05) is 22.6 Å². The zero-order valence-electron chi connectivity index (χ0n) is 9.68. The highest BCUT2D eigenvalue weighted by atomic mass is 127. The van der Waals surface area contributed by atoms with Gasteiger partial charge in [-0.25, -0.2) is 4.98 Å². The molecule has 0 amide bonds. The second kappa shape index (κ2) is 4.95. The Bertz CT molecular complexity index is 679. The van der Waals surface area contributed by atoms with Crippen molar-refractivity contribution in [3.05, 3.63) is 49.4 Å². The van der Waals surface area contributed by atoms with Crippen LogP contribution in [0.25, 0.3) is 11.4 Å². The van der Waals surface area contributed by atoms with E-state index >= 15 is 0 Å². The van der Waals surface area contributed by atoms with Gasteiger partial charge in [0.2, 0.25) is 0 Å². The zero-order chi connectivity index (χ0) is 14.2. The minimum Gasteiger partial charge on any atom is -0.306 e. The minimum absolute atomic E-state index is 0.133. The van der Waals surface area contributed by atoms with Gasteiger partial charge < -0.3 is 4.98 Å². The molecule has 1 aromatic heterocycles. The summed E-state index contributed by atoms with van der Waals surface area (Å²) in [5.41, 5.74) is -0.424. The van der Waals surface area contributed by atoms with Crippen LogP contribution in [0.3, 0.4) is 0 Å². The van der Waals surface area contributed by atoms with Gasteiger partial charge in [-0.15, -0.1) is 0 Å². The number of H-pyrrole nitrogens is 1. The molecule has 0 aliphatic heterocycles. The molecule has 0 fully saturated rings. The summed E-state index contributed by atoms with van der Waals surface area (Å²) in [4.78, 5) is 18.2. The number of nitrogens with one attached hydrogen (secondary N) is 1. The van der Waals surface area contributed by atoms with E-state index in [1.54, 1.807) is 6.92 Å². The van der Waals surface area contributed by atoms with Crippen molar-refractivity contribution in [1.29, 1.82) is 0 Å². The second-order valence-electron chi connectivity index (χ2n) is 3.89. The van der Waals surface area contributed by atoms with Crippen molar-refractivity contribution in [1.82, 2.24) is 9.97 Å². The van der Waals surface area contributed by atoms with Crippen molar-refractivity contribution < 1.29 is 13.2 Å². The maximum atomic E-state index is 12.6. The number of hydrogen-bond donors (Lipinski definition) is 1. The van der Waals surface area contributed by atoms with Gasteiger partial charge in [0.1, 0.15) is 5.82 Å². The van der Waals surface area contributed by atoms with Gasteiger partial charge in [-0.3, -0.25) is 4.79 Å². The van der Waals surface area contributed by atoms with Gasteiger partial charge in [-0.2, -0.15) is 13.2 Å². The van der Waals surface area contributed by atoms with Crippen LogP contribution in [-0.2, 0) is 6.18 Å². The van der Waals surface area contributed by atoms with Crippen LogP contribution >= 0.6 is 22.6 Å². The van der Waals surface area contributed by atoms with Crippen LogP contribution in [0.1, 0.15) is 11.3 Å². The monoisotopic (exact) mass is 380 g/mol. The van der Waals surface area contributed by atoms with Gasteiger partial charge in [0.15, 0.2) is 0 Å². The van der Waals surface area contributed by atoms with Crippen LogP contribution in [0.2, 0.25) is 0 Å². The van der Waals surface area contributed by atoms with E-state index < -0.39 is 11.7 Å². The highest BCUT2D eigenvalue weighted by Crippen LogP contribution is 2.31. The van der Waals surface area contributed by atoms with E-state index in [-0.39, 0.29) is 16.9 Å². The fourth-order valence-corrected chi connectivity index (χ4v) is 1.81. The molecule has 2 rings (SSSR count). The number of rotatable bonds is 1. The standard InChI is InChI=1S/C12H8F3IN2O/c1-6-9(16)11(19)18-10(17-6)7-3-2-4-8(5-7)12(13,14)15/h2-5H,1H3,(H,17,18,19). The summed E-state index contributed by atoms with van der Waals surface area (Å²) < 4.78 is 38.3. The average molecular weight is 380 g/mol. The Hall–Kier alpha value is -1.38. The molecule has 100 valence electrons. The molecule has 7 heteroatoms. The predicted molar refractivity (Wildman–Crippen MR) is 72.7 cm³/mol. The number of benzene rings is 1. The Labute approximate surface area is 120 Å². The molecule has 0 spiro atoms. The number of nitrogens with zero attached hydrogens (tertiary/aromatic N) is 1. The third kappa shape index (κ3) is 2.96. The molecular formula is C12H8F3IN2O. The van der Waals surface area contributed by atoms with Gasteiger partial charge in [0.25, 0.3) is 5.56 Å². The molecule has 3 nitrogen and oxygen atoms in total. The van der Waals surface area contributed by atoms with E-state index in [0.29, 0.717) is 9.26 Å². The quantitative estimate of drug-likeness (QED) is 0.772. The first kappa shape index (κ1) is 14.0. The third-order valence-corrected chi connectivity index (χ3v) is 3.76. The molecule has 0 atom stereocenters. The molecular weight excluding hydrogens is 372 g/mol. The smallest absolute Gasteiger partial charge is 0.306 e. The molecule has 0 aliphatic carbocycles. The molecule has 0 bridgehead atoms. The Kier molecular flexibility index (Phi) is 3.66. The Morgan fingerprint density at radius 3 is 2.58 bits per heavy atom. The van der Waals surface area contributed by atoms with Crippen molar-refractivity contribution in [2.75, 3.05) is 0 Å². The molecule has 1 heterocycles. The van der Waals surface area contributed by atoms with Crippen LogP contribution in [-0.4, -0.2) is 9.97 Å². The van der Waals surface area contributed by atoms with Gasteiger partial charge in [-0.1, -0.05) is 12.1 Å². The first-order chi connectivity index (χ1) is 8.79. The van der Waals surface area contributed by atoms with Crippen molar-refractivity contribution in [3.63, 3.8) is 0 Å². The summed E-state index contributed by atoms with van der Waals surface area (Å²) in [6.45, 7) is 1.63. The Balaban J connectivity index is 2.57. The van der Waals surface area contributed by atoms with Gasteiger partial charge >= 0.3 is 6.18 Å². The molecule has 0 saturated carbocycles. The lowest BCUT2D eigenvalue weighted by Gasteiger charge is -2.09. The summed E-state index contributed by atoms with van der Waals surface area (Å²) in [6.07, 6.45) is -4.42. The highest BCUT2D eigenvalue weighted by Gasteiger charge is 2.30. The second-order valence-corrected chi connectivity index (χ2v) is 4.97. The summed E-state index contributed by atoms with van der Waals surface area (Å²) in [7, 11) is 0. The van der Waals surface area contributed by atoms with E-state index in [0.717, 1.165) is 12.1 Å². The molecule has 19 heavy (non-hydrogen) atoms. The molecule has 1 aromatic carbocycles. The van der Waals surface area contributed by atoms with Crippen LogP contribution in [0.4, 0.5) is 13.2 Å². The first-order valence-electron chi connectivity index (χ1n) is 5.23. The maximum absolute atomic E-state index is 12.6. The highest BCUT2D eigenvalue weighted by molar-refractivity contribution is 14.1. The van der Waals surface area contributed by atoms with E-state index in [9.17, 15) is 18.0 Å². The zero-order valence-corrected chi connectivity index (χ0v) is 11.8. The lowest BCUT2D eigenvalue weighted by Crippen LogP contribution is -2.14. The lowest BCUT2D eigenvalue weighted by atomic mass is 10.1. The molecule has 2 aromatic rings. The first-order valence-corrected chi connectivity index (χ1v) is 6.31. The topological polar surface area (TPSA) is 45.8 Å². The fraction of sp³-hybridized carbons (Fsp3) is 0.167. The summed E-state index contributed by atoms with van der Waals surface area (Å²) in [5.74, 6) is 0.133. The third-order valence-electron chi connectivity index (χ3n) is 2.49. The fourth-order valence-electron chi connectivity index (χ4n) is 1.55. The van der Waals surface area contributed by atoms with Crippen LogP contribution in [0.15, 0.2) is 29.1 Å². The van der Waals surface area contributed by atoms with Crippen LogP contribution in [0, 0.1) is 10.5 Å². The van der Waals surface area contributed by atoms with Crippen molar-refractivity contribution in [3.8, 4) is 11.4 Å². The number of aryl methyl sites for hydroxylation is 1. The largest absolute Gasteiger partial charge is 0.416 e. The van der Waals surface area contributed by atoms with Gasteiger partial charge in [0, 0.05) is 5.56 Å². The summed E-state index contributed by atoms with van der Waals surface area (Å²) in [5, 5.41) is 0. The van der Waals surface area contributed by atoms with Crippen molar-refractivity contribution >= 4 is 22.6 Å². The number of halogens is 4. The van der Waals surface area contributed by atoms with Gasteiger partial charge in [-0.05, 0) is 41.6 Å². The van der Waals surface area contributed by atoms with E-state index in [4.69, 9.17) is 0 Å². The normalized spacial score (nSPS) is 11.6. The Morgan fingerprint density at radius 2 is 2.00 bits per heavy atom. The van der Waals surface area contributed by atoms with Gasteiger partial charge in [0.05, 0.1) is 14.8 Å². The van der Waals surface area contributed by atoms with Crippen LogP contribution < -0.4 is 5.56 Å². The minimum atomic E-state index is -4.42. The van der Waals surface area contributed by atoms with E-state index in [1.165, 1.54) is 12.1 Å². The predicted octanol–water partition coefficient (Wildman–Crippen LogP) is 3.37.